The third-order valence-electron chi connectivity index (χ3n) is 2.69. The number of halogens is 1. The van der Waals surface area contributed by atoms with Gasteiger partial charge in [0.05, 0.1) is 16.0 Å². The van der Waals surface area contributed by atoms with Crippen LogP contribution in [0.2, 0.25) is 0 Å². The van der Waals surface area contributed by atoms with Crippen molar-refractivity contribution in [1.82, 2.24) is 4.31 Å². The smallest absolute Gasteiger partial charge is 0.242 e. The van der Waals surface area contributed by atoms with Gasteiger partial charge in [-0.15, -0.1) is 0 Å². The minimum Gasteiger partial charge on any atom is -0.492 e. The Morgan fingerprint density at radius 1 is 1.26 bits per heavy atom. The summed E-state index contributed by atoms with van der Waals surface area (Å²) in [5.74, 6) is 0.569. The van der Waals surface area contributed by atoms with Gasteiger partial charge in [0.15, 0.2) is 0 Å². The molecule has 0 N–H and O–H groups in total. The maximum Gasteiger partial charge on any atom is 0.242 e. The fourth-order valence-electron chi connectivity index (χ4n) is 1.50. The Morgan fingerprint density at radius 3 is 2.53 bits per heavy atom. The molecule has 1 aromatic rings. The van der Waals surface area contributed by atoms with E-state index in [2.05, 4.69) is 22.9 Å². The minimum atomic E-state index is -3.42. The van der Waals surface area contributed by atoms with Gasteiger partial charge in [-0.2, -0.15) is 0 Å². The number of ether oxygens (including phenoxy) is 1. The number of sulfonamides is 1. The highest BCUT2D eigenvalue weighted by Gasteiger charge is 2.18. The van der Waals surface area contributed by atoms with Crippen LogP contribution < -0.4 is 4.74 Å². The van der Waals surface area contributed by atoms with Gasteiger partial charge in [0.1, 0.15) is 5.75 Å². The second-order valence-corrected chi connectivity index (χ2v) is 7.44. The molecule has 19 heavy (non-hydrogen) atoms. The van der Waals surface area contributed by atoms with Gasteiger partial charge in [0, 0.05) is 20.2 Å². The fraction of sp³-hybridized carbons (Fsp3) is 0.538. The lowest BCUT2D eigenvalue weighted by Crippen LogP contribution is -2.22. The van der Waals surface area contributed by atoms with Crippen LogP contribution in [0, 0.1) is 0 Å². The zero-order valence-corrected chi connectivity index (χ0v) is 13.9. The van der Waals surface area contributed by atoms with Crippen molar-refractivity contribution in [3.05, 3.63) is 22.7 Å². The minimum absolute atomic E-state index is 0.242. The van der Waals surface area contributed by atoms with Gasteiger partial charge in [0.25, 0.3) is 0 Å². The summed E-state index contributed by atoms with van der Waals surface area (Å²) in [5, 5.41) is 0. The van der Waals surface area contributed by atoms with Gasteiger partial charge < -0.3 is 4.74 Å². The summed E-state index contributed by atoms with van der Waals surface area (Å²) in [5.41, 5.74) is 0. The van der Waals surface area contributed by atoms with E-state index in [9.17, 15) is 8.42 Å². The van der Waals surface area contributed by atoms with Crippen molar-refractivity contribution in [3.63, 3.8) is 0 Å². The van der Waals surface area contributed by atoms with Crippen molar-refractivity contribution in [2.45, 2.75) is 31.1 Å². The second kappa shape index (κ2) is 7.26. The molecule has 0 heterocycles. The second-order valence-electron chi connectivity index (χ2n) is 4.44. The third-order valence-corrected chi connectivity index (χ3v) is 5.15. The first kappa shape index (κ1) is 16.5. The molecule has 0 aliphatic heterocycles. The van der Waals surface area contributed by atoms with Gasteiger partial charge >= 0.3 is 0 Å². The highest BCUT2D eigenvalue weighted by Crippen LogP contribution is 2.29. The lowest BCUT2D eigenvalue weighted by Gasteiger charge is -2.14. The quantitative estimate of drug-likeness (QED) is 0.709. The summed E-state index contributed by atoms with van der Waals surface area (Å²) < 4.78 is 31.6. The van der Waals surface area contributed by atoms with Crippen molar-refractivity contribution >= 4 is 26.0 Å². The maximum atomic E-state index is 12.0. The Balaban J connectivity index is 2.89. The highest BCUT2D eigenvalue weighted by atomic mass is 79.9. The molecule has 6 heteroatoms. The van der Waals surface area contributed by atoms with Crippen molar-refractivity contribution in [2.75, 3.05) is 20.7 Å². The summed E-state index contributed by atoms with van der Waals surface area (Å²) in [6, 6.07) is 4.83. The Morgan fingerprint density at radius 2 is 1.95 bits per heavy atom. The van der Waals surface area contributed by atoms with E-state index in [4.69, 9.17) is 4.74 Å². The van der Waals surface area contributed by atoms with Crippen LogP contribution in [0.4, 0.5) is 0 Å². The van der Waals surface area contributed by atoms with Crippen LogP contribution in [0.15, 0.2) is 27.6 Å². The molecule has 0 saturated carbocycles. The van der Waals surface area contributed by atoms with E-state index < -0.39 is 10.0 Å². The predicted molar refractivity (Wildman–Crippen MR) is 80.0 cm³/mol. The number of hydrogen-bond donors (Lipinski definition) is 0. The van der Waals surface area contributed by atoms with Gasteiger partial charge in [-0.3, -0.25) is 0 Å². The van der Waals surface area contributed by atoms with Crippen LogP contribution in [0.5, 0.6) is 5.75 Å². The van der Waals surface area contributed by atoms with Crippen molar-refractivity contribution in [3.8, 4) is 5.75 Å². The molecule has 0 atom stereocenters. The number of hydrogen-bond acceptors (Lipinski definition) is 3. The molecule has 0 saturated heterocycles. The van der Waals surface area contributed by atoms with Crippen molar-refractivity contribution in [2.24, 2.45) is 0 Å². The molecular formula is C13H20BrNO3S. The molecule has 4 nitrogen and oxygen atoms in total. The summed E-state index contributed by atoms with van der Waals surface area (Å²) >= 11 is 3.37. The molecule has 0 bridgehead atoms. The molecule has 1 rings (SSSR count). The third kappa shape index (κ3) is 4.47. The SMILES string of the molecule is CCCCCOc1cc(S(=O)(=O)N(C)C)ccc1Br. The molecule has 0 fully saturated rings. The standard InChI is InChI=1S/C13H20BrNO3S/c1-4-5-6-9-18-13-10-11(7-8-12(13)14)19(16,17)15(2)3/h7-8,10H,4-6,9H2,1-3H3. The van der Waals surface area contributed by atoms with Crippen molar-refractivity contribution < 1.29 is 13.2 Å². The Bertz CT molecular complexity index is 515. The van der Waals surface area contributed by atoms with Crippen LogP contribution in [0.25, 0.3) is 0 Å². The predicted octanol–water partition coefficient (Wildman–Crippen LogP) is 3.27. The molecule has 0 unspecified atom stereocenters. The largest absolute Gasteiger partial charge is 0.492 e. The van der Waals surface area contributed by atoms with Gasteiger partial charge in [-0.25, -0.2) is 12.7 Å². The van der Waals surface area contributed by atoms with E-state index in [0.717, 1.165) is 23.7 Å². The Hall–Kier alpha value is -0.590. The molecule has 0 aliphatic carbocycles. The molecule has 0 spiro atoms. The average Bonchev–Trinajstić information content (AvgIpc) is 2.36. The fourth-order valence-corrected chi connectivity index (χ4v) is 2.78. The molecule has 0 aliphatic rings. The van der Waals surface area contributed by atoms with E-state index in [1.165, 1.54) is 18.4 Å². The van der Waals surface area contributed by atoms with E-state index >= 15 is 0 Å². The number of unbranched alkanes of at least 4 members (excludes halogenated alkanes) is 2. The first-order valence-electron chi connectivity index (χ1n) is 6.24. The normalized spacial score (nSPS) is 11.8. The zero-order chi connectivity index (χ0) is 14.5. The topological polar surface area (TPSA) is 46.6 Å². The summed E-state index contributed by atoms with van der Waals surface area (Å²) in [6.45, 7) is 2.72. The van der Waals surface area contributed by atoms with E-state index in [-0.39, 0.29) is 4.90 Å². The van der Waals surface area contributed by atoms with Gasteiger partial charge in [-0.1, -0.05) is 19.8 Å². The van der Waals surface area contributed by atoms with Crippen LogP contribution in [-0.4, -0.2) is 33.4 Å². The van der Waals surface area contributed by atoms with Crippen LogP contribution in [-0.2, 0) is 10.0 Å². The van der Waals surface area contributed by atoms with E-state index in [0.29, 0.717) is 12.4 Å². The molecular weight excluding hydrogens is 330 g/mol. The molecule has 0 radical (unpaired) electrons. The molecule has 0 aromatic heterocycles. The lowest BCUT2D eigenvalue weighted by atomic mass is 10.3. The zero-order valence-electron chi connectivity index (χ0n) is 11.5. The summed E-state index contributed by atoms with van der Waals surface area (Å²) in [7, 11) is -0.393. The lowest BCUT2D eigenvalue weighted by molar-refractivity contribution is 0.303. The Kier molecular flexibility index (Phi) is 6.29. The first-order valence-corrected chi connectivity index (χ1v) is 8.47. The molecule has 1 aromatic carbocycles. The number of benzene rings is 1. The number of rotatable bonds is 7. The van der Waals surface area contributed by atoms with Gasteiger partial charge in [-0.05, 0) is 34.5 Å². The molecule has 0 amide bonds. The number of nitrogens with zero attached hydrogens (tertiary/aromatic N) is 1. The monoisotopic (exact) mass is 349 g/mol. The highest BCUT2D eigenvalue weighted by molar-refractivity contribution is 9.10. The van der Waals surface area contributed by atoms with Crippen LogP contribution >= 0.6 is 15.9 Å². The van der Waals surface area contributed by atoms with Crippen LogP contribution in [0.1, 0.15) is 26.2 Å². The maximum absolute atomic E-state index is 12.0. The average molecular weight is 350 g/mol. The van der Waals surface area contributed by atoms with E-state index in [1.54, 1.807) is 18.2 Å². The first-order chi connectivity index (χ1) is 8.89. The summed E-state index contributed by atoms with van der Waals surface area (Å²) in [6.07, 6.45) is 3.19. The van der Waals surface area contributed by atoms with Crippen LogP contribution in [0.3, 0.4) is 0 Å². The summed E-state index contributed by atoms with van der Waals surface area (Å²) in [4.78, 5) is 0.242. The van der Waals surface area contributed by atoms with E-state index in [1.807, 2.05) is 0 Å². The molecule has 108 valence electrons. The Labute approximate surface area is 123 Å². The van der Waals surface area contributed by atoms with Crippen molar-refractivity contribution in [1.29, 1.82) is 0 Å². The van der Waals surface area contributed by atoms with Gasteiger partial charge in [0.2, 0.25) is 10.0 Å².